The van der Waals surface area contributed by atoms with Gasteiger partial charge in [0.25, 0.3) is 11.4 Å². The van der Waals surface area contributed by atoms with Gasteiger partial charge in [-0.1, -0.05) is 0 Å². The summed E-state index contributed by atoms with van der Waals surface area (Å²) in [5, 5.41) is 26.1. The maximum atomic E-state index is 11.7. The second-order valence-electron chi connectivity index (χ2n) is 6.19. The lowest BCUT2D eigenvalue weighted by molar-refractivity contribution is -0.385. The van der Waals surface area contributed by atoms with E-state index in [0.29, 0.717) is 30.6 Å². The highest BCUT2D eigenvalue weighted by Gasteiger charge is 2.08. The Morgan fingerprint density at radius 2 is 1.03 bits per heavy atom. The normalized spacial score (nSPS) is 10.1. The average Bonchev–Trinajstić information content (AvgIpc) is 2.73. The minimum absolute atomic E-state index is 0.0810. The van der Waals surface area contributed by atoms with Gasteiger partial charge in [0.2, 0.25) is 0 Å². The molecule has 0 aliphatic heterocycles. The van der Waals surface area contributed by atoms with E-state index >= 15 is 0 Å². The van der Waals surface area contributed by atoms with Gasteiger partial charge in [0.1, 0.15) is 0 Å². The summed E-state index contributed by atoms with van der Waals surface area (Å²) in [7, 11) is 0. The van der Waals surface area contributed by atoms with E-state index in [1.807, 2.05) is 0 Å². The van der Waals surface area contributed by atoms with Gasteiger partial charge in [-0.15, -0.1) is 0 Å². The summed E-state index contributed by atoms with van der Waals surface area (Å²) in [6.07, 6.45) is 0.414. The fourth-order valence-electron chi connectivity index (χ4n) is 2.35. The first-order valence-corrected chi connectivity index (χ1v) is 9.21. The molecule has 2 rings (SSSR count). The highest BCUT2D eigenvalue weighted by molar-refractivity contribution is 5.85. The van der Waals surface area contributed by atoms with Gasteiger partial charge in [-0.25, -0.2) is 9.59 Å². The Balaban J connectivity index is 1.53. The number of nitrogens with one attached hydrogen (secondary N) is 2. The first kappa shape index (κ1) is 23.1. The zero-order valence-electron chi connectivity index (χ0n) is 16.3. The van der Waals surface area contributed by atoms with Crippen molar-refractivity contribution in [3.8, 4) is 0 Å². The molecule has 0 aromatic heterocycles. The molecule has 2 N–H and O–H groups in total. The predicted octanol–water partition coefficient (Wildman–Crippen LogP) is 4.47. The number of rotatable bonds is 10. The molecule has 0 aliphatic rings. The van der Waals surface area contributed by atoms with Crippen LogP contribution in [0.15, 0.2) is 48.5 Å². The van der Waals surface area contributed by atoms with E-state index in [-0.39, 0.29) is 24.6 Å². The number of nitro benzene ring substituents is 2. The van der Waals surface area contributed by atoms with Crippen LogP contribution >= 0.6 is 0 Å². The summed E-state index contributed by atoms with van der Waals surface area (Å²) >= 11 is 0. The van der Waals surface area contributed by atoms with Crippen LogP contribution in [0.25, 0.3) is 0 Å². The minimum atomic E-state index is -0.674. The van der Waals surface area contributed by atoms with E-state index in [2.05, 4.69) is 10.6 Å². The van der Waals surface area contributed by atoms with Crippen molar-refractivity contribution >= 4 is 34.9 Å². The predicted molar refractivity (Wildman–Crippen MR) is 110 cm³/mol. The van der Waals surface area contributed by atoms with E-state index in [0.717, 1.165) is 0 Å². The Morgan fingerprint density at radius 1 is 0.677 bits per heavy atom. The maximum absolute atomic E-state index is 11.7. The van der Waals surface area contributed by atoms with Crippen molar-refractivity contribution in [2.24, 2.45) is 0 Å². The molecule has 0 radical (unpaired) electrons. The van der Waals surface area contributed by atoms with Crippen LogP contribution in [0.4, 0.5) is 32.3 Å². The SMILES string of the molecule is O=C(Nc1ccc([N+](=O)[O-])cc1)OCCCCCOC(=O)Nc1ccc([N+](=O)[O-])cc1. The van der Waals surface area contributed by atoms with Crippen molar-refractivity contribution in [2.75, 3.05) is 23.8 Å². The Bertz CT molecular complexity index is 840. The van der Waals surface area contributed by atoms with Gasteiger partial charge in [0.15, 0.2) is 0 Å². The minimum Gasteiger partial charge on any atom is -0.449 e. The van der Waals surface area contributed by atoms with Crippen LogP contribution < -0.4 is 10.6 Å². The molecular weight excluding hydrogens is 412 g/mol. The number of nitrogens with zero attached hydrogens (tertiary/aromatic N) is 2. The first-order chi connectivity index (χ1) is 14.8. The van der Waals surface area contributed by atoms with Crippen LogP contribution in [0.5, 0.6) is 0 Å². The van der Waals surface area contributed by atoms with Crippen LogP contribution in [0.2, 0.25) is 0 Å². The summed E-state index contributed by atoms with van der Waals surface area (Å²) in [5.41, 5.74) is 0.594. The summed E-state index contributed by atoms with van der Waals surface area (Å²) in [4.78, 5) is 43.4. The molecule has 0 saturated carbocycles. The molecular formula is C19H20N4O8. The van der Waals surface area contributed by atoms with E-state index in [4.69, 9.17) is 9.47 Å². The largest absolute Gasteiger partial charge is 0.449 e. The summed E-state index contributed by atoms with van der Waals surface area (Å²) in [6, 6.07) is 10.7. The van der Waals surface area contributed by atoms with E-state index in [1.54, 1.807) is 0 Å². The number of carbonyl (C=O) groups excluding carboxylic acids is 2. The van der Waals surface area contributed by atoms with Crippen LogP contribution in [-0.2, 0) is 9.47 Å². The van der Waals surface area contributed by atoms with E-state index in [1.165, 1.54) is 48.5 Å². The third-order valence-electron chi connectivity index (χ3n) is 3.90. The number of hydrogen-bond donors (Lipinski definition) is 2. The summed E-state index contributed by atoms with van der Waals surface area (Å²) in [5.74, 6) is 0. The number of benzene rings is 2. The number of amides is 2. The molecule has 2 aromatic rings. The van der Waals surface area contributed by atoms with Crippen molar-refractivity contribution < 1.29 is 28.9 Å². The number of non-ortho nitro benzene ring substituents is 2. The highest BCUT2D eigenvalue weighted by atomic mass is 16.6. The molecule has 31 heavy (non-hydrogen) atoms. The lowest BCUT2D eigenvalue weighted by Gasteiger charge is -2.08. The number of unbranched alkanes of at least 4 members (excludes halogenated alkanes) is 2. The fraction of sp³-hybridized carbons (Fsp3) is 0.263. The van der Waals surface area contributed by atoms with Crippen LogP contribution in [0, 0.1) is 20.2 Å². The van der Waals surface area contributed by atoms with Crippen LogP contribution in [-0.4, -0.2) is 35.2 Å². The Kier molecular flexibility index (Phi) is 8.71. The van der Waals surface area contributed by atoms with Gasteiger partial charge in [-0.3, -0.25) is 30.9 Å². The molecule has 12 heteroatoms. The Hall–Kier alpha value is -4.22. The van der Waals surface area contributed by atoms with Crippen molar-refractivity contribution in [3.63, 3.8) is 0 Å². The van der Waals surface area contributed by atoms with Gasteiger partial charge >= 0.3 is 12.2 Å². The lowest BCUT2D eigenvalue weighted by Crippen LogP contribution is -2.15. The number of ether oxygens (including phenoxy) is 2. The van der Waals surface area contributed by atoms with E-state index < -0.39 is 22.0 Å². The van der Waals surface area contributed by atoms with Crippen molar-refractivity contribution in [1.29, 1.82) is 0 Å². The Labute approximate surface area is 176 Å². The molecule has 2 aromatic carbocycles. The summed E-state index contributed by atoms with van der Waals surface area (Å²) in [6.45, 7) is 0.321. The van der Waals surface area contributed by atoms with Gasteiger partial charge < -0.3 is 9.47 Å². The highest BCUT2D eigenvalue weighted by Crippen LogP contribution is 2.16. The molecule has 0 fully saturated rings. The molecule has 0 heterocycles. The van der Waals surface area contributed by atoms with Crippen molar-refractivity contribution in [2.45, 2.75) is 19.3 Å². The number of hydrogen-bond acceptors (Lipinski definition) is 8. The van der Waals surface area contributed by atoms with Gasteiger partial charge in [0, 0.05) is 35.6 Å². The molecule has 0 atom stereocenters. The molecule has 12 nitrogen and oxygen atoms in total. The molecule has 0 spiro atoms. The maximum Gasteiger partial charge on any atom is 0.411 e. The van der Waals surface area contributed by atoms with E-state index in [9.17, 15) is 29.8 Å². The van der Waals surface area contributed by atoms with Gasteiger partial charge in [-0.05, 0) is 43.5 Å². The van der Waals surface area contributed by atoms with Crippen molar-refractivity contribution in [1.82, 2.24) is 0 Å². The standard InChI is InChI=1S/C19H20N4O8/c24-18(20-14-4-8-16(9-5-14)22(26)27)30-12-2-1-3-13-31-19(25)21-15-6-10-17(11-7-15)23(28)29/h4-11H,1-3,12-13H2,(H,20,24)(H,21,25). The quantitative estimate of drug-likeness (QED) is 0.315. The second-order valence-corrected chi connectivity index (χ2v) is 6.19. The molecule has 0 bridgehead atoms. The van der Waals surface area contributed by atoms with Crippen LogP contribution in [0.3, 0.4) is 0 Å². The summed E-state index contributed by atoms with van der Waals surface area (Å²) < 4.78 is 10.0. The number of anilines is 2. The zero-order valence-corrected chi connectivity index (χ0v) is 16.3. The third-order valence-corrected chi connectivity index (χ3v) is 3.90. The number of carbonyl (C=O) groups is 2. The number of nitro groups is 2. The Morgan fingerprint density at radius 3 is 1.35 bits per heavy atom. The average molecular weight is 432 g/mol. The van der Waals surface area contributed by atoms with Crippen LogP contribution in [0.1, 0.15) is 19.3 Å². The third kappa shape index (κ3) is 8.35. The topological polar surface area (TPSA) is 163 Å². The molecule has 2 amide bonds. The first-order valence-electron chi connectivity index (χ1n) is 9.21. The van der Waals surface area contributed by atoms with Crippen molar-refractivity contribution in [3.05, 3.63) is 68.8 Å². The molecule has 164 valence electrons. The molecule has 0 unspecified atom stereocenters. The van der Waals surface area contributed by atoms with Gasteiger partial charge in [-0.2, -0.15) is 0 Å². The monoisotopic (exact) mass is 432 g/mol. The molecule has 0 aliphatic carbocycles. The van der Waals surface area contributed by atoms with Gasteiger partial charge in [0.05, 0.1) is 23.1 Å². The smallest absolute Gasteiger partial charge is 0.411 e. The fourth-order valence-corrected chi connectivity index (χ4v) is 2.35. The lowest BCUT2D eigenvalue weighted by atomic mass is 10.2. The zero-order chi connectivity index (χ0) is 22.6. The second kappa shape index (κ2) is 11.7. The molecule has 0 saturated heterocycles.